The van der Waals surface area contributed by atoms with Gasteiger partial charge in [0.1, 0.15) is 0 Å². The summed E-state index contributed by atoms with van der Waals surface area (Å²) in [6, 6.07) is 25.9. The van der Waals surface area contributed by atoms with Crippen molar-refractivity contribution in [1.82, 2.24) is 4.72 Å². The van der Waals surface area contributed by atoms with Crippen LogP contribution in [0.4, 0.5) is 0 Å². The zero-order valence-corrected chi connectivity index (χ0v) is 18.2. The largest absolute Gasteiger partial charge is 0.322 e. The van der Waals surface area contributed by atoms with Crippen molar-refractivity contribution in [3.8, 4) is 0 Å². The van der Waals surface area contributed by atoms with Crippen LogP contribution in [0.3, 0.4) is 0 Å². The van der Waals surface area contributed by atoms with Gasteiger partial charge in [-0.15, -0.1) is 0 Å². The van der Waals surface area contributed by atoms with E-state index in [0.29, 0.717) is 0 Å². The molecule has 0 bridgehead atoms. The molecule has 3 rings (SSSR count). The van der Waals surface area contributed by atoms with Gasteiger partial charge in [0.05, 0.1) is 27.4 Å². The van der Waals surface area contributed by atoms with Crippen LogP contribution in [0, 0.1) is 0 Å². The molecule has 3 N–H and O–H groups in total. The summed E-state index contributed by atoms with van der Waals surface area (Å²) >= 11 is 0. The van der Waals surface area contributed by atoms with Gasteiger partial charge in [0.2, 0.25) is 10.0 Å². The van der Waals surface area contributed by atoms with Gasteiger partial charge in [-0.05, 0) is 16.7 Å². The van der Waals surface area contributed by atoms with Crippen LogP contribution in [0.25, 0.3) is 0 Å². The molecule has 0 saturated heterocycles. The van der Waals surface area contributed by atoms with Gasteiger partial charge in [0, 0.05) is 0 Å². The number of nitrogens with two attached hydrogens (primary N) is 1. The van der Waals surface area contributed by atoms with Crippen LogP contribution >= 0.6 is 0 Å². The van der Waals surface area contributed by atoms with E-state index in [1.165, 1.54) is 5.19 Å². The van der Waals surface area contributed by atoms with Gasteiger partial charge in [-0.3, -0.25) is 0 Å². The second-order valence-corrected chi connectivity index (χ2v) is 10.1. The molecular weight excluding hydrogens is 384 g/mol. The Labute approximate surface area is 169 Å². The number of benzene rings is 3. The SMILES string of the molecule is C[SiH2]c1ccc(CS(=O)(=O)NC(c2ccccc2)C(N)c2ccccc2)cc1. The summed E-state index contributed by atoms with van der Waals surface area (Å²) in [5.41, 5.74) is 8.99. The van der Waals surface area contributed by atoms with Crippen LogP contribution in [0.1, 0.15) is 28.8 Å². The van der Waals surface area contributed by atoms with Crippen LogP contribution in [0.2, 0.25) is 6.55 Å². The molecule has 146 valence electrons. The fraction of sp³-hybridized carbons (Fsp3) is 0.182. The van der Waals surface area contributed by atoms with Gasteiger partial charge < -0.3 is 5.73 Å². The third kappa shape index (κ3) is 5.39. The normalized spacial score (nSPS) is 14.2. The Hall–Kier alpha value is -2.25. The Morgan fingerprint density at radius 2 is 1.39 bits per heavy atom. The fourth-order valence-corrected chi connectivity index (χ4v) is 5.29. The lowest BCUT2D eigenvalue weighted by Gasteiger charge is -2.26. The van der Waals surface area contributed by atoms with Crippen molar-refractivity contribution in [3.05, 3.63) is 102 Å². The zero-order valence-electron chi connectivity index (χ0n) is 16.0. The number of nitrogens with one attached hydrogen (secondary N) is 1. The summed E-state index contributed by atoms with van der Waals surface area (Å²) in [5, 5.41) is 1.32. The molecule has 3 aromatic carbocycles. The molecule has 0 fully saturated rings. The first-order chi connectivity index (χ1) is 13.5. The standard InChI is InChI=1S/C22H26N2O2SSi/c1-28-20-14-12-17(13-15-20)16-27(25,26)24-22(19-10-6-3-7-11-19)21(23)18-8-4-2-5-9-18/h2-15,21-22,24H,16,23,28H2,1H3. The maximum absolute atomic E-state index is 12.9. The van der Waals surface area contributed by atoms with Gasteiger partial charge in [-0.1, -0.05) is 96.7 Å². The Kier molecular flexibility index (Phi) is 6.80. The highest BCUT2D eigenvalue weighted by Gasteiger charge is 2.26. The molecule has 3 aromatic rings. The van der Waals surface area contributed by atoms with Crippen molar-refractivity contribution in [2.45, 2.75) is 24.4 Å². The second kappa shape index (κ2) is 9.30. The maximum Gasteiger partial charge on any atom is 0.216 e. The average Bonchev–Trinajstić information content (AvgIpc) is 2.73. The highest BCUT2D eigenvalue weighted by atomic mass is 32.2. The minimum atomic E-state index is -3.57. The van der Waals surface area contributed by atoms with Gasteiger partial charge in [-0.2, -0.15) is 0 Å². The van der Waals surface area contributed by atoms with E-state index in [-0.39, 0.29) is 15.3 Å². The summed E-state index contributed by atoms with van der Waals surface area (Å²) in [6.45, 7) is 2.21. The summed E-state index contributed by atoms with van der Waals surface area (Å²) in [7, 11) is -3.82. The molecule has 0 aliphatic rings. The molecule has 0 amide bonds. The summed E-state index contributed by atoms with van der Waals surface area (Å²) in [4.78, 5) is 0. The molecule has 6 heteroatoms. The van der Waals surface area contributed by atoms with Crippen molar-refractivity contribution in [3.63, 3.8) is 0 Å². The Morgan fingerprint density at radius 3 is 1.93 bits per heavy atom. The highest BCUT2D eigenvalue weighted by Crippen LogP contribution is 2.28. The lowest BCUT2D eigenvalue weighted by atomic mass is 9.95. The van der Waals surface area contributed by atoms with Crippen LogP contribution in [0.15, 0.2) is 84.9 Å². The van der Waals surface area contributed by atoms with Crippen molar-refractivity contribution >= 4 is 24.7 Å². The Bertz CT molecular complexity index is 978. The van der Waals surface area contributed by atoms with Crippen LogP contribution < -0.4 is 15.6 Å². The molecule has 4 nitrogen and oxygen atoms in total. The van der Waals surface area contributed by atoms with Crippen LogP contribution in [0.5, 0.6) is 0 Å². The molecule has 2 unspecified atom stereocenters. The molecule has 0 aliphatic heterocycles. The molecule has 28 heavy (non-hydrogen) atoms. The molecule has 0 aromatic heterocycles. The monoisotopic (exact) mass is 410 g/mol. The molecule has 2 atom stereocenters. The lowest BCUT2D eigenvalue weighted by Crippen LogP contribution is -2.36. The summed E-state index contributed by atoms with van der Waals surface area (Å²) < 4.78 is 28.7. The molecule has 0 aliphatic carbocycles. The topological polar surface area (TPSA) is 72.2 Å². The van der Waals surface area contributed by atoms with E-state index in [1.54, 1.807) is 0 Å². The fourth-order valence-electron chi connectivity index (χ4n) is 3.20. The number of rotatable bonds is 8. The Morgan fingerprint density at radius 1 is 0.857 bits per heavy atom. The van der Waals surface area contributed by atoms with Crippen molar-refractivity contribution in [2.24, 2.45) is 5.73 Å². The number of hydrogen-bond donors (Lipinski definition) is 2. The van der Waals surface area contributed by atoms with E-state index in [2.05, 4.69) is 11.3 Å². The molecule has 0 radical (unpaired) electrons. The van der Waals surface area contributed by atoms with Crippen molar-refractivity contribution < 1.29 is 8.42 Å². The van der Waals surface area contributed by atoms with Crippen molar-refractivity contribution in [1.29, 1.82) is 0 Å². The predicted molar refractivity (Wildman–Crippen MR) is 119 cm³/mol. The van der Waals surface area contributed by atoms with Gasteiger partial charge in [0.15, 0.2) is 0 Å². The molecule has 0 heterocycles. The van der Waals surface area contributed by atoms with Gasteiger partial charge in [-0.25, -0.2) is 13.1 Å². The molecule has 0 saturated carbocycles. The minimum Gasteiger partial charge on any atom is -0.322 e. The van der Waals surface area contributed by atoms with Crippen LogP contribution in [-0.2, 0) is 15.8 Å². The summed E-state index contributed by atoms with van der Waals surface area (Å²) in [6.07, 6.45) is 0. The summed E-state index contributed by atoms with van der Waals surface area (Å²) in [5.74, 6) is -0.0661. The first-order valence-electron chi connectivity index (χ1n) is 9.42. The number of hydrogen-bond acceptors (Lipinski definition) is 3. The van der Waals surface area contributed by atoms with Crippen LogP contribution in [-0.4, -0.2) is 17.9 Å². The third-order valence-electron chi connectivity index (χ3n) is 4.80. The molecule has 0 spiro atoms. The average molecular weight is 411 g/mol. The maximum atomic E-state index is 12.9. The van der Waals surface area contributed by atoms with Gasteiger partial charge >= 0.3 is 0 Å². The van der Waals surface area contributed by atoms with Crippen molar-refractivity contribution in [2.75, 3.05) is 0 Å². The van der Waals surface area contributed by atoms with Gasteiger partial charge in [0.25, 0.3) is 0 Å². The van der Waals surface area contributed by atoms with E-state index >= 15 is 0 Å². The van der Waals surface area contributed by atoms with E-state index in [9.17, 15) is 8.42 Å². The number of sulfonamides is 1. The second-order valence-electron chi connectivity index (χ2n) is 6.87. The first kappa shape index (κ1) is 20.5. The lowest BCUT2D eigenvalue weighted by molar-refractivity contribution is 0.503. The van der Waals surface area contributed by atoms with E-state index in [0.717, 1.165) is 16.7 Å². The molecular formula is C22H26N2O2SSi. The first-order valence-corrected chi connectivity index (χ1v) is 13.2. The zero-order chi connectivity index (χ0) is 20.0. The smallest absolute Gasteiger partial charge is 0.216 e. The third-order valence-corrected chi connectivity index (χ3v) is 7.41. The minimum absolute atomic E-state index is 0.0661. The van der Waals surface area contributed by atoms with E-state index in [4.69, 9.17) is 5.73 Å². The highest BCUT2D eigenvalue weighted by molar-refractivity contribution is 7.88. The van der Waals surface area contributed by atoms with E-state index < -0.39 is 22.1 Å². The Balaban J connectivity index is 1.85. The van der Waals surface area contributed by atoms with E-state index in [1.807, 2.05) is 84.9 Å². The quantitative estimate of drug-likeness (QED) is 0.560. The predicted octanol–water partition coefficient (Wildman–Crippen LogP) is 2.39.